The number of anilines is 1. The number of hydrogen-bond acceptors (Lipinski definition) is 6. The topological polar surface area (TPSA) is 117 Å². The van der Waals surface area contributed by atoms with Crippen LogP contribution in [0.2, 0.25) is 0 Å². The number of carbonyl (C=O) groups is 2. The maximum atomic E-state index is 11.5. The van der Waals surface area contributed by atoms with Crippen LogP contribution in [0.1, 0.15) is 16.1 Å². The van der Waals surface area contributed by atoms with Crippen molar-refractivity contribution in [2.45, 2.75) is 6.54 Å². The van der Waals surface area contributed by atoms with Gasteiger partial charge in [-0.05, 0) is 12.1 Å². The van der Waals surface area contributed by atoms with E-state index in [1.807, 2.05) is 0 Å². The normalized spacial score (nSPS) is 9.89. The van der Waals surface area contributed by atoms with E-state index >= 15 is 0 Å². The van der Waals surface area contributed by atoms with Crippen molar-refractivity contribution in [3.05, 3.63) is 35.1 Å². The molecule has 0 fully saturated rings. The van der Waals surface area contributed by atoms with E-state index in [1.54, 1.807) is 0 Å². The lowest BCUT2D eigenvalue weighted by molar-refractivity contribution is 0.0696. The molecule has 0 unspecified atom stereocenters. The molecule has 2 heterocycles. The molecule has 8 nitrogen and oxygen atoms in total. The summed E-state index contributed by atoms with van der Waals surface area (Å²) in [5.74, 6) is -1.04. The van der Waals surface area contributed by atoms with Crippen molar-refractivity contribution in [3.63, 3.8) is 0 Å². The van der Waals surface area contributed by atoms with Crippen molar-refractivity contribution in [2.24, 2.45) is 0 Å². The maximum absolute atomic E-state index is 11.5. The molecule has 0 bridgehead atoms. The van der Waals surface area contributed by atoms with Gasteiger partial charge in [-0.2, -0.15) is 0 Å². The predicted molar refractivity (Wildman–Crippen MR) is 67.0 cm³/mol. The summed E-state index contributed by atoms with van der Waals surface area (Å²) in [5, 5.41) is 21.4. The number of carboxylic acid groups (broad SMARTS) is 1. The van der Waals surface area contributed by atoms with Crippen molar-refractivity contribution >= 4 is 28.5 Å². The van der Waals surface area contributed by atoms with Gasteiger partial charge in [0, 0.05) is 6.20 Å². The van der Waals surface area contributed by atoms with Crippen molar-refractivity contribution < 1.29 is 14.7 Å². The molecule has 19 heavy (non-hydrogen) atoms. The summed E-state index contributed by atoms with van der Waals surface area (Å²) in [4.78, 5) is 26.2. The quantitative estimate of drug-likeness (QED) is 0.767. The lowest BCUT2D eigenvalue weighted by Crippen LogP contribution is -2.28. The second-order valence-electron chi connectivity index (χ2n) is 3.39. The standard InChI is InChI=1S/C10H9N5O3S/c16-8(17)6-1-2-11-7(3-6)4-12-9(18)14-10-15-13-5-19-10/h1-3,5H,4H2,(H,16,17)(H2,12,14,15,18). The zero-order valence-corrected chi connectivity index (χ0v) is 10.3. The molecular formula is C10H9N5O3S. The highest BCUT2D eigenvalue weighted by Crippen LogP contribution is 2.07. The van der Waals surface area contributed by atoms with Gasteiger partial charge in [0.2, 0.25) is 5.13 Å². The molecule has 3 N–H and O–H groups in total. The van der Waals surface area contributed by atoms with Crippen LogP contribution in [-0.4, -0.2) is 32.3 Å². The minimum absolute atomic E-state index is 0.117. The minimum atomic E-state index is -1.04. The van der Waals surface area contributed by atoms with Crippen LogP contribution in [0.3, 0.4) is 0 Å². The maximum Gasteiger partial charge on any atom is 0.335 e. The largest absolute Gasteiger partial charge is 0.478 e. The Kier molecular flexibility index (Phi) is 3.98. The summed E-state index contributed by atoms with van der Waals surface area (Å²) < 4.78 is 0. The first-order valence-corrected chi connectivity index (χ1v) is 6.02. The van der Waals surface area contributed by atoms with Gasteiger partial charge in [-0.15, -0.1) is 10.2 Å². The molecular weight excluding hydrogens is 270 g/mol. The number of aromatic nitrogens is 3. The molecule has 0 spiro atoms. The smallest absolute Gasteiger partial charge is 0.335 e. The predicted octanol–water partition coefficient (Wildman–Crippen LogP) is 0.953. The van der Waals surface area contributed by atoms with E-state index < -0.39 is 12.0 Å². The first-order chi connectivity index (χ1) is 9.15. The first kappa shape index (κ1) is 12.9. The number of carboxylic acids is 1. The Morgan fingerprint density at radius 3 is 2.95 bits per heavy atom. The molecule has 2 amide bonds. The van der Waals surface area contributed by atoms with Gasteiger partial charge in [-0.3, -0.25) is 10.3 Å². The van der Waals surface area contributed by atoms with Gasteiger partial charge in [0.05, 0.1) is 17.8 Å². The second kappa shape index (κ2) is 5.87. The van der Waals surface area contributed by atoms with Crippen molar-refractivity contribution in [3.8, 4) is 0 Å². The van der Waals surface area contributed by atoms with E-state index in [0.717, 1.165) is 0 Å². The van der Waals surface area contributed by atoms with Crippen LogP contribution in [0.4, 0.5) is 9.93 Å². The lowest BCUT2D eigenvalue weighted by Gasteiger charge is -2.05. The monoisotopic (exact) mass is 279 g/mol. The van der Waals surface area contributed by atoms with Crippen LogP contribution in [0.15, 0.2) is 23.8 Å². The Balaban J connectivity index is 1.89. The van der Waals surface area contributed by atoms with Crippen molar-refractivity contribution in [1.82, 2.24) is 20.5 Å². The zero-order chi connectivity index (χ0) is 13.7. The van der Waals surface area contributed by atoms with Gasteiger partial charge in [-0.1, -0.05) is 11.3 Å². The van der Waals surface area contributed by atoms with Gasteiger partial charge >= 0.3 is 12.0 Å². The average molecular weight is 279 g/mol. The van der Waals surface area contributed by atoms with E-state index in [0.29, 0.717) is 10.8 Å². The van der Waals surface area contributed by atoms with E-state index in [-0.39, 0.29) is 12.1 Å². The van der Waals surface area contributed by atoms with Crippen LogP contribution in [-0.2, 0) is 6.54 Å². The van der Waals surface area contributed by atoms with E-state index in [1.165, 1.54) is 35.2 Å². The molecule has 9 heteroatoms. The molecule has 0 aliphatic heterocycles. The number of aromatic carboxylic acids is 1. The highest BCUT2D eigenvalue weighted by Gasteiger charge is 2.07. The Morgan fingerprint density at radius 1 is 1.42 bits per heavy atom. The Bertz CT molecular complexity index is 587. The molecule has 0 atom stereocenters. The lowest BCUT2D eigenvalue weighted by atomic mass is 10.2. The third kappa shape index (κ3) is 3.71. The summed E-state index contributed by atoms with van der Waals surface area (Å²) in [6, 6.07) is 2.32. The number of amides is 2. The van der Waals surface area contributed by atoms with Crippen LogP contribution < -0.4 is 10.6 Å². The molecule has 2 aromatic rings. The van der Waals surface area contributed by atoms with Gasteiger partial charge in [-0.25, -0.2) is 9.59 Å². The highest BCUT2D eigenvalue weighted by atomic mass is 32.1. The van der Waals surface area contributed by atoms with E-state index in [2.05, 4.69) is 25.8 Å². The molecule has 2 rings (SSSR count). The van der Waals surface area contributed by atoms with Crippen LogP contribution >= 0.6 is 11.3 Å². The number of nitrogens with one attached hydrogen (secondary N) is 2. The Labute approximate surface area is 111 Å². The van der Waals surface area contributed by atoms with E-state index in [4.69, 9.17) is 5.11 Å². The second-order valence-corrected chi connectivity index (χ2v) is 4.23. The number of pyridine rings is 1. The summed E-state index contributed by atoms with van der Waals surface area (Å²) in [5.41, 5.74) is 2.07. The summed E-state index contributed by atoms with van der Waals surface area (Å²) in [6.07, 6.45) is 1.38. The SMILES string of the molecule is O=C(NCc1cc(C(=O)O)ccn1)Nc1nncs1. The number of urea groups is 1. The van der Waals surface area contributed by atoms with Gasteiger partial charge in [0.1, 0.15) is 5.51 Å². The van der Waals surface area contributed by atoms with Crippen LogP contribution in [0.5, 0.6) is 0 Å². The van der Waals surface area contributed by atoms with Crippen molar-refractivity contribution in [1.29, 1.82) is 0 Å². The number of nitrogens with zero attached hydrogens (tertiary/aromatic N) is 3. The molecule has 98 valence electrons. The molecule has 2 aromatic heterocycles. The van der Waals surface area contributed by atoms with Gasteiger partial charge in [0.15, 0.2) is 0 Å². The Hall–Kier alpha value is -2.55. The third-order valence-electron chi connectivity index (χ3n) is 2.07. The molecule has 0 saturated heterocycles. The van der Waals surface area contributed by atoms with E-state index in [9.17, 15) is 9.59 Å². The molecule has 0 aliphatic carbocycles. The first-order valence-electron chi connectivity index (χ1n) is 5.14. The number of carbonyl (C=O) groups excluding carboxylic acids is 1. The minimum Gasteiger partial charge on any atom is -0.478 e. The van der Waals surface area contributed by atoms with Gasteiger partial charge in [0.25, 0.3) is 0 Å². The Morgan fingerprint density at radius 2 is 2.26 bits per heavy atom. The average Bonchev–Trinajstić information content (AvgIpc) is 2.89. The summed E-state index contributed by atoms with van der Waals surface area (Å²) in [7, 11) is 0. The van der Waals surface area contributed by atoms with Crippen LogP contribution in [0.25, 0.3) is 0 Å². The van der Waals surface area contributed by atoms with Gasteiger partial charge < -0.3 is 10.4 Å². The molecule has 0 saturated carbocycles. The number of rotatable bonds is 4. The summed E-state index contributed by atoms with van der Waals surface area (Å²) >= 11 is 1.19. The van der Waals surface area contributed by atoms with Crippen molar-refractivity contribution in [2.75, 3.05) is 5.32 Å². The van der Waals surface area contributed by atoms with Crippen LogP contribution in [0, 0.1) is 0 Å². The molecule has 0 aromatic carbocycles. The fourth-order valence-corrected chi connectivity index (χ4v) is 1.69. The summed E-state index contributed by atoms with van der Waals surface area (Å²) in [6.45, 7) is 0.117. The zero-order valence-electron chi connectivity index (χ0n) is 9.53. The highest BCUT2D eigenvalue weighted by molar-refractivity contribution is 7.13. The fourth-order valence-electron chi connectivity index (χ4n) is 1.25. The molecule has 0 radical (unpaired) electrons. The fraction of sp³-hybridized carbons (Fsp3) is 0.100. The third-order valence-corrected chi connectivity index (χ3v) is 2.68. The number of hydrogen-bond donors (Lipinski definition) is 3. The molecule has 0 aliphatic rings.